The molecule has 78 valence electrons. The molecule has 0 radical (unpaired) electrons. The molecular weight excluding hydrogens is 202 g/mol. The van der Waals surface area contributed by atoms with Crippen LogP contribution in [-0.4, -0.2) is 23.9 Å². The number of carbonyl (C=O) groups is 1. The molecular formula is C10H14ClNO2. The molecule has 0 unspecified atom stereocenters. The van der Waals surface area contributed by atoms with Gasteiger partial charge in [0.15, 0.2) is 5.76 Å². The fourth-order valence-electron chi connectivity index (χ4n) is 1.23. The van der Waals surface area contributed by atoms with Gasteiger partial charge in [-0.1, -0.05) is 0 Å². The first-order valence-corrected chi connectivity index (χ1v) is 5.20. The summed E-state index contributed by atoms with van der Waals surface area (Å²) >= 11 is 5.57. The van der Waals surface area contributed by atoms with Crippen LogP contribution in [0.1, 0.15) is 30.2 Å². The minimum Gasteiger partial charge on any atom is -0.455 e. The van der Waals surface area contributed by atoms with Crippen LogP contribution in [0.2, 0.25) is 0 Å². The van der Waals surface area contributed by atoms with E-state index in [0.29, 0.717) is 30.5 Å². The van der Waals surface area contributed by atoms with Gasteiger partial charge in [-0.05, 0) is 26.0 Å². The summed E-state index contributed by atoms with van der Waals surface area (Å²) in [5.74, 6) is 1.21. The molecule has 0 aliphatic rings. The van der Waals surface area contributed by atoms with Crippen LogP contribution in [0.15, 0.2) is 16.5 Å². The molecule has 0 aliphatic carbocycles. The number of amides is 1. The van der Waals surface area contributed by atoms with Crippen LogP contribution in [0, 0.1) is 0 Å². The highest BCUT2D eigenvalue weighted by Gasteiger charge is 2.15. The van der Waals surface area contributed by atoms with Gasteiger partial charge >= 0.3 is 0 Å². The molecule has 0 bridgehead atoms. The first-order valence-electron chi connectivity index (χ1n) is 4.66. The lowest BCUT2D eigenvalue weighted by Crippen LogP contribution is -2.30. The number of hydrogen-bond acceptors (Lipinski definition) is 2. The summed E-state index contributed by atoms with van der Waals surface area (Å²) in [5.41, 5.74) is 0. The second-order valence-electron chi connectivity index (χ2n) is 2.88. The maximum Gasteiger partial charge on any atom is 0.289 e. The van der Waals surface area contributed by atoms with Gasteiger partial charge in [0, 0.05) is 13.1 Å². The Morgan fingerprint density at radius 3 is 2.50 bits per heavy atom. The number of alkyl halides is 1. The Morgan fingerprint density at radius 2 is 2.07 bits per heavy atom. The third kappa shape index (κ3) is 2.29. The van der Waals surface area contributed by atoms with E-state index >= 15 is 0 Å². The Morgan fingerprint density at radius 1 is 1.43 bits per heavy atom. The zero-order chi connectivity index (χ0) is 10.6. The van der Waals surface area contributed by atoms with Crippen LogP contribution in [0.25, 0.3) is 0 Å². The quantitative estimate of drug-likeness (QED) is 0.724. The van der Waals surface area contributed by atoms with Crippen molar-refractivity contribution in [2.45, 2.75) is 19.7 Å². The highest BCUT2D eigenvalue weighted by Crippen LogP contribution is 2.12. The number of rotatable bonds is 4. The van der Waals surface area contributed by atoms with Crippen LogP contribution in [0.5, 0.6) is 0 Å². The maximum atomic E-state index is 11.7. The van der Waals surface area contributed by atoms with Crippen molar-refractivity contribution in [1.82, 2.24) is 4.90 Å². The van der Waals surface area contributed by atoms with E-state index in [1.807, 2.05) is 13.8 Å². The molecule has 0 spiro atoms. The van der Waals surface area contributed by atoms with E-state index < -0.39 is 0 Å². The molecule has 14 heavy (non-hydrogen) atoms. The molecule has 4 heteroatoms. The Hall–Kier alpha value is -0.960. The predicted octanol–water partition coefficient (Wildman–Crippen LogP) is 2.50. The first-order chi connectivity index (χ1) is 6.72. The van der Waals surface area contributed by atoms with E-state index in [1.54, 1.807) is 17.0 Å². The lowest BCUT2D eigenvalue weighted by Gasteiger charge is -2.16. The Labute approximate surface area is 88.6 Å². The van der Waals surface area contributed by atoms with Gasteiger partial charge in [0.05, 0.1) is 5.88 Å². The van der Waals surface area contributed by atoms with E-state index in [-0.39, 0.29) is 5.91 Å². The Bertz CT molecular complexity index is 305. The number of furan rings is 1. The molecule has 0 saturated heterocycles. The minimum atomic E-state index is -0.0774. The van der Waals surface area contributed by atoms with E-state index in [9.17, 15) is 4.79 Å². The lowest BCUT2D eigenvalue weighted by molar-refractivity contribution is 0.0739. The lowest BCUT2D eigenvalue weighted by atomic mass is 10.3. The molecule has 0 fully saturated rings. The van der Waals surface area contributed by atoms with Gasteiger partial charge in [-0.15, -0.1) is 11.6 Å². The van der Waals surface area contributed by atoms with E-state index in [2.05, 4.69) is 0 Å². The summed E-state index contributed by atoms with van der Waals surface area (Å²) in [4.78, 5) is 13.4. The molecule has 0 aliphatic heterocycles. The molecule has 0 atom stereocenters. The summed E-state index contributed by atoms with van der Waals surface area (Å²) in [6.45, 7) is 5.25. The van der Waals surface area contributed by atoms with Crippen molar-refractivity contribution in [3.8, 4) is 0 Å². The maximum absolute atomic E-state index is 11.7. The normalized spacial score (nSPS) is 10.2. The van der Waals surface area contributed by atoms with E-state index in [4.69, 9.17) is 16.0 Å². The molecule has 1 aromatic rings. The molecule has 1 amide bonds. The van der Waals surface area contributed by atoms with Crippen LogP contribution in [-0.2, 0) is 5.88 Å². The molecule has 0 saturated carbocycles. The van der Waals surface area contributed by atoms with Crippen molar-refractivity contribution in [2.24, 2.45) is 0 Å². The zero-order valence-electron chi connectivity index (χ0n) is 8.42. The second kappa shape index (κ2) is 5.05. The van der Waals surface area contributed by atoms with Gasteiger partial charge in [-0.2, -0.15) is 0 Å². The monoisotopic (exact) mass is 215 g/mol. The van der Waals surface area contributed by atoms with Crippen LogP contribution in [0.3, 0.4) is 0 Å². The zero-order valence-corrected chi connectivity index (χ0v) is 9.17. The van der Waals surface area contributed by atoms with Gasteiger partial charge < -0.3 is 9.32 Å². The molecule has 1 aromatic heterocycles. The third-order valence-corrected chi connectivity index (χ3v) is 2.32. The number of nitrogens with zero attached hydrogens (tertiary/aromatic N) is 1. The average Bonchev–Trinajstić information content (AvgIpc) is 2.67. The van der Waals surface area contributed by atoms with Gasteiger partial charge in [0.1, 0.15) is 5.76 Å². The van der Waals surface area contributed by atoms with Crippen molar-refractivity contribution in [3.05, 3.63) is 23.7 Å². The molecule has 0 aromatic carbocycles. The van der Waals surface area contributed by atoms with Crippen molar-refractivity contribution in [2.75, 3.05) is 13.1 Å². The molecule has 3 nitrogen and oxygen atoms in total. The van der Waals surface area contributed by atoms with Gasteiger partial charge in [-0.3, -0.25) is 4.79 Å². The Kier molecular flexibility index (Phi) is 4.01. The summed E-state index contributed by atoms with van der Waals surface area (Å²) in [7, 11) is 0. The van der Waals surface area contributed by atoms with Crippen LogP contribution < -0.4 is 0 Å². The standard InChI is InChI=1S/C10H14ClNO2/c1-3-12(4-2)10(13)9-6-5-8(7-11)14-9/h5-6H,3-4,7H2,1-2H3. The van der Waals surface area contributed by atoms with E-state index in [0.717, 1.165) is 0 Å². The van der Waals surface area contributed by atoms with Crippen LogP contribution >= 0.6 is 11.6 Å². The fraction of sp³-hybridized carbons (Fsp3) is 0.500. The summed E-state index contributed by atoms with van der Waals surface area (Å²) in [6.07, 6.45) is 0. The predicted molar refractivity (Wildman–Crippen MR) is 55.5 cm³/mol. The minimum absolute atomic E-state index is 0.0774. The van der Waals surface area contributed by atoms with Crippen molar-refractivity contribution in [1.29, 1.82) is 0 Å². The van der Waals surface area contributed by atoms with Gasteiger partial charge in [0.2, 0.25) is 0 Å². The van der Waals surface area contributed by atoms with Gasteiger partial charge in [0.25, 0.3) is 5.91 Å². The smallest absolute Gasteiger partial charge is 0.289 e. The van der Waals surface area contributed by atoms with E-state index in [1.165, 1.54) is 0 Å². The van der Waals surface area contributed by atoms with Crippen LogP contribution in [0.4, 0.5) is 0 Å². The Balaban J connectivity index is 2.77. The summed E-state index contributed by atoms with van der Waals surface area (Å²) < 4.78 is 5.26. The molecule has 0 N–H and O–H groups in total. The van der Waals surface area contributed by atoms with Gasteiger partial charge in [-0.25, -0.2) is 0 Å². The summed E-state index contributed by atoms with van der Waals surface area (Å²) in [6, 6.07) is 3.39. The fourth-order valence-corrected chi connectivity index (χ4v) is 1.37. The highest BCUT2D eigenvalue weighted by atomic mass is 35.5. The highest BCUT2D eigenvalue weighted by molar-refractivity contribution is 6.16. The first kappa shape index (κ1) is 11.1. The van der Waals surface area contributed by atoms with Crippen molar-refractivity contribution >= 4 is 17.5 Å². The van der Waals surface area contributed by atoms with Crippen molar-refractivity contribution in [3.63, 3.8) is 0 Å². The number of hydrogen-bond donors (Lipinski definition) is 0. The molecule has 1 rings (SSSR count). The second-order valence-corrected chi connectivity index (χ2v) is 3.14. The van der Waals surface area contributed by atoms with Crippen molar-refractivity contribution < 1.29 is 9.21 Å². The average molecular weight is 216 g/mol. The molecule has 1 heterocycles. The third-order valence-electron chi connectivity index (χ3n) is 2.05. The SMILES string of the molecule is CCN(CC)C(=O)c1ccc(CCl)o1. The number of carbonyl (C=O) groups excluding carboxylic acids is 1. The topological polar surface area (TPSA) is 33.5 Å². The largest absolute Gasteiger partial charge is 0.455 e. The number of halogens is 1. The summed E-state index contributed by atoms with van der Waals surface area (Å²) in [5, 5.41) is 0.